The molecule has 5 heteroatoms. The Bertz CT molecular complexity index is 1050. The number of hydrogen-bond donors (Lipinski definition) is 0. The first-order valence-electron chi connectivity index (χ1n) is 8.45. The van der Waals surface area contributed by atoms with Crippen LogP contribution >= 0.6 is 11.8 Å². The summed E-state index contributed by atoms with van der Waals surface area (Å²) >= 11 is 1.53. The maximum absolute atomic E-state index is 13.4. The van der Waals surface area contributed by atoms with Gasteiger partial charge in [0.1, 0.15) is 16.5 Å². The molecule has 0 saturated heterocycles. The average molecular weight is 373 g/mol. The summed E-state index contributed by atoms with van der Waals surface area (Å²) in [6, 6.07) is 22.2. The minimum Gasteiger partial charge on any atom is -0.256 e. The van der Waals surface area contributed by atoms with Crippen LogP contribution in [0.2, 0.25) is 0 Å². The van der Waals surface area contributed by atoms with Crippen LogP contribution in [0.3, 0.4) is 0 Å². The zero-order chi connectivity index (χ0) is 18.6. The van der Waals surface area contributed by atoms with E-state index in [-0.39, 0.29) is 5.82 Å². The molecule has 0 aliphatic rings. The van der Waals surface area contributed by atoms with E-state index in [2.05, 4.69) is 15.2 Å². The first kappa shape index (κ1) is 17.4. The summed E-state index contributed by atoms with van der Waals surface area (Å²) in [5.74, 6) is -0.279. The predicted molar refractivity (Wildman–Crippen MR) is 108 cm³/mol. The predicted octanol–water partition coefficient (Wildman–Crippen LogP) is 5.73. The average Bonchev–Trinajstić information content (AvgIpc) is 2.74. The third-order valence-electron chi connectivity index (χ3n) is 4.24. The van der Waals surface area contributed by atoms with Crippen LogP contribution in [0.4, 0.5) is 4.39 Å². The smallest absolute Gasteiger partial charge is 0.129 e. The van der Waals surface area contributed by atoms with Crippen LogP contribution in [0.1, 0.15) is 0 Å². The number of rotatable bonds is 4. The lowest BCUT2D eigenvalue weighted by Gasteiger charge is -2.16. The molecular formula is C22H16FN3S. The molecule has 4 rings (SSSR count). The highest BCUT2D eigenvalue weighted by molar-refractivity contribution is 7.98. The van der Waals surface area contributed by atoms with Crippen molar-refractivity contribution in [2.75, 3.05) is 6.26 Å². The molecule has 0 spiro atoms. The van der Waals surface area contributed by atoms with E-state index in [1.807, 2.05) is 54.8 Å². The Morgan fingerprint density at radius 3 is 2.15 bits per heavy atom. The zero-order valence-corrected chi connectivity index (χ0v) is 15.4. The van der Waals surface area contributed by atoms with Gasteiger partial charge in [-0.2, -0.15) is 0 Å². The van der Waals surface area contributed by atoms with Crippen molar-refractivity contribution < 1.29 is 4.39 Å². The zero-order valence-electron chi connectivity index (χ0n) is 14.6. The Labute approximate surface area is 161 Å². The van der Waals surface area contributed by atoms with Crippen LogP contribution in [0.5, 0.6) is 0 Å². The fourth-order valence-electron chi connectivity index (χ4n) is 3.01. The molecule has 0 aliphatic heterocycles. The number of benzene rings is 2. The van der Waals surface area contributed by atoms with E-state index >= 15 is 0 Å². The summed E-state index contributed by atoms with van der Waals surface area (Å²) in [7, 11) is 0. The van der Waals surface area contributed by atoms with Crippen molar-refractivity contribution >= 4 is 11.8 Å². The normalized spacial score (nSPS) is 10.7. The van der Waals surface area contributed by atoms with Crippen LogP contribution < -0.4 is 0 Å². The molecule has 0 N–H and O–H groups in total. The second-order valence-electron chi connectivity index (χ2n) is 5.90. The van der Waals surface area contributed by atoms with Crippen molar-refractivity contribution in [1.29, 1.82) is 0 Å². The van der Waals surface area contributed by atoms with Crippen LogP contribution in [-0.2, 0) is 0 Å². The lowest BCUT2D eigenvalue weighted by Crippen LogP contribution is -2.00. The van der Waals surface area contributed by atoms with Gasteiger partial charge in [-0.3, -0.25) is 4.98 Å². The van der Waals surface area contributed by atoms with Crippen molar-refractivity contribution in [2.45, 2.75) is 5.03 Å². The first-order valence-corrected chi connectivity index (χ1v) is 9.68. The number of nitrogens with zero attached hydrogens (tertiary/aromatic N) is 3. The van der Waals surface area contributed by atoms with E-state index in [1.54, 1.807) is 18.3 Å². The molecule has 0 aliphatic carbocycles. The minimum absolute atomic E-state index is 0.279. The summed E-state index contributed by atoms with van der Waals surface area (Å²) in [6.45, 7) is 0. The van der Waals surface area contributed by atoms with Crippen molar-refractivity contribution in [3.8, 4) is 33.6 Å². The SMILES string of the molecule is CSc1nnc(-c2ccc(F)cc2)c(-c2ccccc2)c1-c1ccccn1. The van der Waals surface area contributed by atoms with Crippen LogP contribution in [0.15, 0.2) is 84.0 Å². The Morgan fingerprint density at radius 1 is 0.741 bits per heavy atom. The monoisotopic (exact) mass is 373 g/mol. The van der Waals surface area contributed by atoms with E-state index in [4.69, 9.17) is 0 Å². The molecule has 2 aromatic heterocycles. The molecular weight excluding hydrogens is 357 g/mol. The molecule has 2 heterocycles. The molecule has 0 radical (unpaired) electrons. The Balaban J connectivity index is 2.07. The Hall–Kier alpha value is -3.05. The van der Waals surface area contributed by atoms with Gasteiger partial charge in [0.15, 0.2) is 0 Å². The molecule has 0 unspecified atom stereocenters. The highest BCUT2D eigenvalue weighted by Gasteiger charge is 2.21. The number of halogens is 1. The van der Waals surface area contributed by atoms with Crippen LogP contribution in [0.25, 0.3) is 33.6 Å². The highest BCUT2D eigenvalue weighted by Crippen LogP contribution is 2.41. The van der Waals surface area contributed by atoms with Gasteiger partial charge in [0.05, 0.1) is 5.69 Å². The summed E-state index contributed by atoms with van der Waals surface area (Å²) in [5.41, 5.74) is 5.25. The molecule has 27 heavy (non-hydrogen) atoms. The number of pyridine rings is 1. The standard InChI is InChI=1S/C22H16FN3S/c1-27-22-20(18-9-5-6-14-24-18)19(15-7-3-2-4-8-15)21(25-26-22)16-10-12-17(23)13-11-16/h2-14H,1H3. The maximum Gasteiger partial charge on any atom is 0.129 e. The summed E-state index contributed by atoms with van der Waals surface area (Å²) in [4.78, 5) is 4.55. The molecule has 0 saturated carbocycles. The van der Waals surface area contributed by atoms with Crippen molar-refractivity contribution in [3.05, 3.63) is 84.8 Å². The van der Waals surface area contributed by atoms with Crippen molar-refractivity contribution in [2.24, 2.45) is 0 Å². The molecule has 0 fully saturated rings. The van der Waals surface area contributed by atoms with Gasteiger partial charge in [-0.15, -0.1) is 22.0 Å². The van der Waals surface area contributed by atoms with Gasteiger partial charge in [-0.25, -0.2) is 4.39 Å². The maximum atomic E-state index is 13.4. The van der Waals surface area contributed by atoms with Gasteiger partial charge in [-0.05, 0) is 48.2 Å². The van der Waals surface area contributed by atoms with E-state index in [0.29, 0.717) is 5.69 Å². The molecule has 0 amide bonds. The number of thioether (sulfide) groups is 1. The Morgan fingerprint density at radius 2 is 1.48 bits per heavy atom. The van der Waals surface area contributed by atoms with E-state index in [1.165, 1.54) is 23.9 Å². The fraction of sp³-hybridized carbons (Fsp3) is 0.0455. The second-order valence-corrected chi connectivity index (χ2v) is 6.69. The van der Waals surface area contributed by atoms with Gasteiger partial charge in [0.25, 0.3) is 0 Å². The minimum atomic E-state index is -0.279. The van der Waals surface area contributed by atoms with E-state index in [0.717, 1.165) is 33.0 Å². The van der Waals surface area contributed by atoms with Crippen molar-refractivity contribution in [3.63, 3.8) is 0 Å². The largest absolute Gasteiger partial charge is 0.256 e. The lowest BCUT2D eigenvalue weighted by atomic mass is 9.94. The molecule has 132 valence electrons. The third-order valence-corrected chi connectivity index (χ3v) is 4.91. The van der Waals surface area contributed by atoms with Gasteiger partial charge >= 0.3 is 0 Å². The van der Waals surface area contributed by atoms with Gasteiger partial charge < -0.3 is 0 Å². The molecule has 0 atom stereocenters. The number of aromatic nitrogens is 3. The summed E-state index contributed by atoms with van der Waals surface area (Å²) in [6.07, 6.45) is 3.75. The quantitative estimate of drug-likeness (QED) is 0.428. The molecule has 0 bridgehead atoms. The molecule has 2 aromatic carbocycles. The topological polar surface area (TPSA) is 38.7 Å². The van der Waals surface area contributed by atoms with Gasteiger partial charge in [-0.1, -0.05) is 36.4 Å². The fourth-order valence-corrected chi connectivity index (χ4v) is 3.54. The first-order chi connectivity index (χ1) is 13.3. The summed E-state index contributed by atoms with van der Waals surface area (Å²) < 4.78 is 13.4. The number of hydrogen-bond acceptors (Lipinski definition) is 4. The second kappa shape index (κ2) is 7.68. The van der Waals surface area contributed by atoms with Gasteiger partial charge in [0.2, 0.25) is 0 Å². The molecule has 4 aromatic rings. The highest BCUT2D eigenvalue weighted by atomic mass is 32.2. The van der Waals surface area contributed by atoms with Crippen LogP contribution in [-0.4, -0.2) is 21.4 Å². The van der Waals surface area contributed by atoms with Gasteiger partial charge in [0, 0.05) is 22.9 Å². The third kappa shape index (κ3) is 3.46. The van der Waals surface area contributed by atoms with Crippen molar-refractivity contribution in [1.82, 2.24) is 15.2 Å². The summed E-state index contributed by atoms with van der Waals surface area (Å²) in [5, 5.41) is 9.73. The lowest BCUT2D eigenvalue weighted by molar-refractivity contribution is 0.628. The van der Waals surface area contributed by atoms with Crippen LogP contribution in [0, 0.1) is 5.82 Å². The van der Waals surface area contributed by atoms with E-state index < -0.39 is 0 Å². The molecule has 3 nitrogen and oxygen atoms in total. The Kier molecular flexibility index (Phi) is 4.94. The van der Waals surface area contributed by atoms with E-state index in [9.17, 15) is 4.39 Å².